The van der Waals surface area contributed by atoms with Crippen molar-refractivity contribution in [2.45, 2.75) is 23.9 Å². The third-order valence-corrected chi connectivity index (χ3v) is 3.98. The first-order chi connectivity index (χ1) is 10.1. The van der Waals surface area contributed by atoms with E-state index in [2.05, 4.69) is 20.8 Å². The molecule has 0 aliphatic rings. The van der Waals surface area contributed by atoms with E-state index in [1.165, 1.54) is 16.4 Å². The Morgan fingerprint density at radius 1 is 1.43 bits per heavy atom. The fourth-order valence-electron chi connectivity index (χ4n) is 1.61. The van der Waals surface area contributed by atoms with E-state index in [0.29, 0.717) is 11.7 Å². The van der Waals surface area contributed by atoms with Crippen molar-refractivity contribution < 1.29 is 9.53 Å². The van der Waals surface area contributed by atoms with E-state index in [9.17, 15) is 4.79 Å². The fraction of sp³-hybridized carbons (Fsp3) is 0.385. The molecule has 0 spiro atoms. The van der Waals surface area contributed by atoms with Crippen LogP contribution in [0.2, 0.25) is 0 Å². The Bertz CT molecular complexity index is 599. The van der Waals surface area contributed by atoms with Gasteiger partial charge in [-0.3, -0.25) is 4.79 Å². The molecule has 7 nitrogen and oxygen atoms in total. The van der Waals surface area contributed by atoms with Gasteiger partial charge in [0, 0.05) is 13.6 Å². The number of nitrogens with zero attached hydrogens (tertiary/aromatic N) is 4. The van der Waals surface area contributed by atoms with Crippen molar-refractivity contribution in [1.29, 1.82) is 0 Å². The molecular formula is C13H17N5O2S. The van der Waals surface area contributed by atoms with Gasteiger partial charge in [0.2, 0.25) is 11.1 Å². The molecule has 0 unspecified atom stereocenters. The number of tetrazole rings is 1. The van der Waals surface area contributed by atoms with E-state index in [0.717, 1.165) is 11.3 Å². The van der Waals surface area contributed by atoms with Crippen LogP contribution in [0.4, 0.5) is 0 Å². The number of carbonyl (C=O) groups excluding carboxylic acids is 1. The average Bonchev–Trinajstić information content (AvgIpc) is 2.90. The second-order valence-electron chi connectivity index (χ2n) is 4.41. The summed E-state index contributed by atoms with van der Waals surface area (Å²) in [5, 5.41) is 14.4. The molecule has 1 aromatic carbocycles. The molecule has 21 heavy (non-hydrogen) atoms. The van der Waals surface area contributed by atoms with Crippen molar-refractivity contribution >= 4 is 17.7 Å². The Kier molecular flexibility index (Phi) is 5.15. The lowest BCUT2D eigenvalue weighted by Crippen LogP contribution is -2.30. The zero-order valence-electron chi connectivity index (χ0n) is 12.1. The van der Waals surface area contributed by atoms with Crippen molar-refractivity contribution in [3.05, 3.63) is 29.8 Å². The molecular weight excluding hydrogens is 290 g/mol. The van der Waals surface area contributed by atoms with Crippen LogP contribution in [0, 0.1) is 0 Å². The molecule has 1 N–H and O–H groups in total. The van der Waals surface area contributed by atoms with Crippen molar-refractivity contribution in [3.63, 3.8) is 0 Å². The van der Waals surface area contributed by atoms with Crippen LogP contribution in [0.3, 0.4) is 0 Å². The molecule has 0 saturated heterocycles. The number of hydrogen-bond acceptors (Lipinski definition) is 6. The molecule has 2 rings (SSSR count). The second kappa shape index (κ2) is 7.07. The summed E-state index contributed by atoms with van der Waals surface area (Å²) >= 11 is 1.32. The number of methoxy groups -OCH3 is 1. The normalized spacial score (nSPS) is 12.0. The van der Waals surface area contributed by atoms with Gasteiger partial charge < -0.3 is 10.1 Å². The Balaban J connectivity index is 1.84. The maximum atomic E-state index is 12.0. The topological polar surface area (TPSA) is 81.9 Å². The van der Waals surface area contributed by atoms with Crippen LogP contribution < -0.4 is 10.1 Å². The van der Waals surface area contributed by atoms with Gasteiger partial charge in [-0.1, -0.05) is 23.9 Å². The lowest BCUT2D eigenvalue weighted by atomic mass is 10.2. The number of carbonyl (C=O) groups is 1. The summed E-state index contributed by atoms with van der Waals surface area (Å²) in [6.07, 6.45) is 0. The smallest absolute Gasteiger partial charge is 0.233 e. The van der Waals surface area contributed by atoms with E-state index < -0.39 is 0 Å². The molecule has 2 aromatic rings. The monoisotopic (exact) mass is 307 g/mol. The molecule has 8 heteroatoms. The number of thioether (sulfide) groups is 1. The summed E-state index contributed by atoms with van der Waals surface area (Å²) in [6.45, 7) is 2.30. The van der Waals surface area contributed by atoms with Crippen molar-refractivity contribution in [3.8, 4) is 5.75 Å². The zero-order chi connectivity index (χ0) is 15.2. The third kappa shape index (κ3) is 4.19. The second-order valence-corrected chi connectivity index (χ2v) is 5.72. The molecule has 0 saturated carbocycles. The highest BCUT2D eigenvalue weighted by Crippen LogP contribution is 2.19. The van der Waals surface area contributed by atoms with E-state index in [-0.39, 0.29) is 11.2 Å². The minimum absolute atomic E-state index is 0.0566. The Labute approximate surface area is 127 Å². The summed E-state index contributed by atoms with van der Waals surface area (Å²) in [6, 6.07) is 7.57. The molecule has 0 fully saturated rings. The highest BCUT2D eigenvalue weighted by atomic mass is 32.2. The maximum Gasteiger partial charge on any atom is 0.233 e. The Morgan fingerprint density at radius 2 is 2.14 bits per heavy atom. The maximum absolute atomic E-state index is 12.0. The third-order valence-electron chi connectivity index (χ3n) is 2.86. The van der Waals surface area contributed by atoms with E-state index in [1.54, 1.807) is 14.2 Å². The number of ether oxygens (including phenoxy) is 1. The van der Waals surface area contributed by atoms with Gasteiger partial charge in [0.05, 0.1) is 12.4 Å². The summed E-state index contributed by atoms with van der Waals surface area (Å²) in [4.78, 5) is 12.0. The molecule has 0 aliphatic carbocycles. The molecule has 1 amide bonds. The van der Waals surface area contributed by atoms with Crippen LogP contribution in [0.1, 0.15) is 12.5 Å². The number of aromatic nitrogens is 4. The number of rotatable bonds is 6. The summed E-state index contributed by atoms with van der Waals surface area (Å²) < 4.78 is 6.63. The predicted molar refractivity (Wildman–Crippen MR) is 79.0 cm³/mol. The van der Waals surface area contributed by atoms with Crippen LogP contribution in [0.5, 0.6) is 5.75 Å². The first kappa shape index (κ1) is 15.3. The number of aryl methyl sites for hydroxylation is 1. The van der Waals surface area contributed by atoms with Gasteiger partial charge in [-0.05, 0) is 35.0 Å². The van der Waals surface area contributed by atoms with Gasteiger partial charge in [-0.2, -0.15) is 0 Å². The largest absolute Gasteiger partial charge is 0.497 e. The minimum Gasteiger partial charge on any atom is -0.497 e. The first-order valence-corrected chi connectivity index (χ1v) is 7.27. The number of amides is 1. The first-order valence-electron chi connectivity index (χ1n) is 6.40. The van der Waals surface area contributed by atoms with Crippen molar-refractivity contribution in [1.82, 2.24) is 25.5 Å². The lowest BCUT2D eigenvalue weighted by molar-refractivity contribution is -0.120. The van der Waals surface area contributed by atoms with E-state index >= 15 is 0 Å². The Morgan fingerprint density at radius 3 is 2.71 bits per heavy atom. The highest BCUT2D eigenvalue weighted by Gasteiger charge is 2.17. The molecule has 1 heterocycles. The van der Waals surface area contributed by atoms with Gasteiger partial charge in [-0.25, -0.2) is 4.68 Å². The molecule has 112 valence electrons. The zero-order valence-corrected chi connectivity index (χ0v) is 12.9. The van der Waals surface area contributed by atoms with Crippen LogP contribution in [-0.2, 0) is 18.4 Å². The van der Waals surface area contributed by atoms with Crippen LogP contribution in [-0.4, -0.2) is 38.5 Å². The quantitative estimate of drug-likeness (QED) is 0.802. The minimum atomic E-state index is -0.270. The number of nitrogens with one attached hydrogen (secondary N) is 1. The molecule has 0 bridgehead atoms. The van der Waals surface area contributed by atoms with Crippen LogP contribution in [0.25, 0.3) is 0 Å². The summed E-state index contributed by atoms with van der Waals surface area (Å²) in [7, 11) is 3.36. The van der Waals surface area contributed by atoms with Gasteiger partial charge in [0.1, 0.15) is 5.75 Å². The lowest BCUT2D eigenvalue weighted by Gasteiger charge is -2.11. The van der Waals surface area contributed by atoms with Crippen LogP contribution >= 0.6 is 11.8 Å². The Hall–Kier alpha value is -2.09. The van der Waals surface area contributed by atoms with Gasteiger partial charge in [-0.15, -0.1) is 5.10 Å². The average molecular weight is 307 g/mol. The number of benzene rings is 1. The highest BCUT2D eigenvalue weighted by molar-refractivity contribution is 8.00. The SMILES string of the molecule is COc1ccc(CNC(=O)[C@@H](C)Sc2nnnn2C)cc1. The standard InChI is InChI=1S/C13H17N5O2S/c1-9(21-13-15-16-17-18(13)2)12(19)14-8-10-4-6-11(20-3)7-5-10/h4-7,9H,8H2,1-3H3,(H,14,19)/t9-/m1/s1. The van der Waals surface area contributed by atoms with Crippen LogP contribution in [0.15, 0.2) is 29.4 Å². The van der Waals surface area contributed by atoms with E-state index in [4.69, 9.17) is 4.74 Å². The molecule has 0 radical (unpaired) electrons. The summed E-state index contributed by atoms with van der Waals surface area (Å²) in [5.41, 5.74) is 1.02. The van der Waals surface area contributed by atoms with Crippen molar-refractivity contribution in [2.75, 3.05) is 7.11 Å². The van der Waals surface area contributed by atoms with Gasteiger partial charge >= 0.3 is 0 Å². The molecule has 0 aliphatic heterocycles. The van der Waals surface area contributed by atoms with Crippen molar-refractivity contribution in [2.24, 2.45) is 7.05 Å². The fourth-order valence-corrected chi connectivity index (χ4v) is 2.39. The summed E-state index contributed by atoms with van der Waals surface area (Å²) in [5.74, 6) is 0.739. The molecule has 1 atom stereocenters. The van der Waals surface area contributed by atoms with Gasteiger partial charge in [0.25, 0.3) is 0 Å². The van der Waals surface area contributed by atoms with E-state index in [1.807, 2.05) is 31.2 Å². The molecule has 1 aromatic heterocycles. The van der Waals surface area contributed by atoms with Gasteiger partial charge in [0.15, 0.2) is 0 Å². The number of hydrogen-bond donors (Lipinski definition) is 1. The predicted octanol–water partition coefficient (Wildman–Crippen LogP) is 1.02.